The van der Waals surface area contributed by atoms with Gasteiger partial charge in [-0.15, -0.1) is 0 Å². The Morgan fingerprint density at radius 1 is 1.15 bits per heavy atom. The van der Waals surface area contributed by atoms with Gasteiger partial charge in [0, 0.05) is 17.8 Å². The van der Waals surface area contributed by atoms with Crippen molar-refractivity contribution in [1.82, 2.24) is 19.7 Å². The standard InChI is InChI=1S/C23H23F3N6O/c1-22(13-7-3-2-4-8-13)16-18(27)28-20(29-19(16)30-21(22)33)17-14-9-5-6-10-15(14)32(31-17)12-11-23(24,25)26/h2-4,7-8H,5-6,9-12H2,1H3,(H3,27,28,29,30,33). The molecular weight excluding hydrogens is 433 g/mol. The third-order valence-electron chi connectivity index (χ3n) is 6.55. The van der Waals surface area contributed by atoms with Crippen molar-refractivity contribution in [1.29, 1.82) is 0 Å². The van der Waals surface area contributed by atoms with E-state index in [1.807, 2.05) is 30.3 Å². The number of rotatable bonds is 4. The molecule has 1 amide bonds. The van der Waals surface area contributed by atoms with Gasteiger partial charge in [-0.2, -0.15) is 18.3 Å². The van der Waals surface area contributed by atoms with Crippen LogP contribution in [0.3, 0.4) is 0 Å². The van der Waals surface area contributed by atoms with Gasteiger partial charge >= 0.3 is 6.18 Å². The molecule has 172 valence electrons. The highest BCUT2D eigenvalue weighted by Gasteiger charge is 2.47. The number of carbonyl (C=O) groups excluding carboxylic acids is 1. The average molecular weight is 456 g/mol. The topological polar surface area (TPSA) is 98.7 Å². The molecule has 7 nitrogen and oxygen atoms in total. The number of carbonyl (C=O) groups is 1. The van der Waals surface area contributed by atoms with Crippen molar-refractivity contribution >= 4 is 17.5 Å². The first-order valence-corrected chi connectivity index (χ1v) is 10.9. The minimum Gasteiger partial charge on any atom is -0.383 e. The lowest BCUT2D eigenvalue weighted by Gasteiger charge is -2.23. The van der Waals surface area contributed by atoms with E-state index in [9.17, 15) is 18.0 Å². The lowest BCUT2D eigenvalue weighted by atomic mass is 9.78. The fourth-order valence-electron chi connectivity index (χ4n) is 4.83. The zero-order valence-electron chi connectivity index (χ0n) is 18.0. The molecule has 1 unspecified atom stereocenters. The Kier molecular flexibility index (Phi) is 4.91. The minimum atomic E-state index is -4.27. The maximum atomic E-state index is 13.0. The molecule has 10 heteroatoms. The van der Waals surface area contributed by atoms with Crippen LogP contribution in [0.2, 0.25) is 0 Å². The van der Waals surface area contributed by atoms with E-state index >= 15 is 0 Å². The van der Waals surface area contributed by atoms with Crippen LogP contribution < -0.4 is 11.1 Å². The number of benzene rings is 1. The zero-order chi connectivity index (χ0) is 23.4. The molecule has 0 bridgehead atoms. The first-order valence-electron chi connectivity index (χ1n) is 10.9. The third kappa shape index (κ3) is 3.53. The molecule has 1 aliphatic heterocycles. The summed E-state index contributed by atoms with van der Waals surface area (Å²) in [5.74, 6) is 0.407. The van der Waals surface area contributed by atoms with Gasteiger partial charge in [0.1, 0.15) is 22.7 Å². The van der Waals surface area contributed by atoms with Crippen molar-refractivity contribution in [3.63, 3.8) is 0 Å². The van der Waals surface area contributed by atoms with E-state index in [1.165, 1.54) is 4.68 Å². The van der Waals surface area contributed by atoms with Crippen molar-refractivity contribution in [3.8, 4) is 11.5 Å². The van der Waals surface area contributed by atoms with Gasteiger partial charge in [0.2, 0.25) is 5.91 Å². The van der Waals surface area contributed by atoms with Gasteiger partial charge in [-0.25, -0.2) is 9.97 Å². The van der Waals surface area contributed by atoms with Crippen LogP contribution in [-0.4, -0.2) is 31.8 Å². The van der Waals surface area contributed by atoms with Crippen LogP contribution in [0.1, 0.15) is 48.6 Å². The summed E-state index contributed by atoms with van der Waals surface area (Å²) in [6.45, 7) is 1.52. The summed E-state index contributed by atoms with van der Waals surface area (Å²) in [7, 11) is 0. The van der Waals surface area contributed by atoms with E-state index in [-0.39, 0.29) is 24.1 Å². The van der Waals surface area contributed by atoms with Crippen LogP contribution in [0.4, 0.5) is 24.8 Å². The maximum absolute atomic E-state index is 13.0. The van der Waals surface area contributed by atoms with E-state index < -0.39 is 18.0 Å². The van der Waals surface area contributed by atoms with Crippen molar-refractivity contribution in [3.05, 3.63) is 52.7 Å². The number of nitrogen functional groups attached to an aromatic ring is 1. The Balaban J connectivity index is 1.59. The number of aromatic nitrogens is 4. The minimum absolute atomic E-state index is 0.147. The summed E-state index contributed by atoms with van der Waals surface area (Å²) >= 11 is 0. The van der Waals surface area contributed by atoms with Gasteiger partial charge in [-0.3, -0.25) is 9.48 Å². The van der Waals surface area contributed by atoms with E-state index in [1.54, 1.807) is 6.92 Å². The Hall–Kier alpha value is -3.43. The Bertz CT molecular complexity index is 1240. The average Bonchev–Trinajstić information content (AvgIpc) is 3.28. The highest BCUT2D eigenvalue weighted by molar-refractivity contribution is 6.09. The normalized spacial score (nSPS) is 19.8. The molecule has 3 aromatic rings. The second-order valence-corrected chi connectivity index (χ2v) is 8.67. The summed E-state index contributed by atoms with van der Waals surface area (Å²) in [5.41, 5.74) is 8.65. The molecule has 5 rings (SSSR count). The lowest BCUT2D eigenvalue weighted by Crippen LogP contribution is -2.32. The van der Waals surface area contributed by atoms with Crippen molar-refractivity contribution in [2.75, 3.05) is 11.1 Å². The van der Waals surface area contributed by atoms with Gasteiger partial charge in [-0.05, 0) is 38.2 Å². The summed E-state index contributed by atoms with van der Waals surface area (Å²) in [5, 5.41) is 7.28. The Labute approximate surface area is 188 Å². The van der Waals surface area contributed by atoms with Crippen LogP contribution in [-0.2, 0) is 29.6 Å². The molecule has 2 aliphatic rings. The number of fused-ring (bicyclic) bond motifs is 2. The predicted molar refractivity (Wildman–Crippen MR) is 117 cm³/mol. The van der Waals surface area contributed by atoms with E-state index in [0.717, 1.165) is 29.7 Å². The van der Waals surface area contributed by atoms with Crippen LogP contribution in [0.25, 0.3) is 11.5 Å². The van der Waals surface area contributed by atoms with Crippen LogP contribution >= 0.6 is 0 Å². The third-order valence-corrected chi connectivity index (χ3v) is 6.55. The van der Waals surface area contributed by atoms with Crippen molar-refractivity contribution in [2.24, 2.45) is 0 Å². The fourth-order valence-corrected chi connectivity index (χ4v) is 4.83. The Morgan fingerprint density at radius 2 is 1.88 bits per heavy atom. The maximum Gasteiger partial charge on any atom is 0.390 e. The smallest absolute Gasteiger partial charge is 0.383 e. The molecular formula is C23H23F3N6O. The van der Waals surface area contributed by atoms with Gasteiger partial charge in [0.15, 0.2) is 5.82 Å². The first kappa shape index (κ1) is 21.4. The second-order valence-electron chi connectivity index (χ2n) is 8.67. The SMILES string of the molecule is CC1(c2ccccc2)C(=O)Nc2nc(-c3nn(CCC(F)(F)F)c4c3CCCC4)nc(N)c21. The molecule has 1 aromatic carbocycles. The van der Waals surface area contributed by atoms with Gasteiger partial charge < -0.3 is 11.1 Å². The predicted octanol–water partition coefficient (Wildman–Crippen LogP) is 4.01. The number of aryl methyl sites for hydroxylation is 1. The monoisotopic (exact) mass is 456 g/mol. The van der Waals surface area contributed by atoms with Gasteiger partial charge in [0.05, 0.1) is 12.0 Å². The fraction of sp³-hybridized carbons (Fsp3) is 0.391. The number of alkyl halides is 3. The number of nitrogens with zero attached hydrogens (tertiary/aromatic N) is 4. The van der Waals surface area contributed by atoms with E-state index in [0.29, 0.717) is 29.9 Å². The van der Waals surface area contributed by atoms with Crippen molar-refractivity contribution in [2.45, 2.75) is 57.2 Å². The zero-order valence-corrected chi connectivity index (χ0v) is 18.0. The number of nitrogens with two attached hydrogens (primary N) is 1. The number of halogens is 3. The second kappa shape index (κ2) is 7.57. The lowest BCUT2D eigenvalue weighted by molar-refractivity contribution is -0.137. The molecule has 33 heavy (non-hydrogen) atoms. The molecule has 3 heterocycles. The molecule has 2 aromatic heterocycles. The molecule has 0 fully saturated rings. The number of anilines is 2. The Morgan fingerprint density at radius 3 is 2.61 bits per heavy atom. The number of hydrogen-bond donors (Lipinski definition) is 2. The van der Waals surface area contributed by atoms with Crippen LogP contribution in [0.5, 0.6) is 0 Å². The number of amides is 1. The highest BCUT2D eigenvalue weighted by atomic mass is 19.4. The summed E-state index contributed by atoms with van der Waals surface area (Å²) in [6.07, 6.45) is -2.08. The van der Waals surface area contributed by atoms with Crippen molar-refractivity contribution < 1.29 is 18.0 Å². The van der Waals surface area contributed by atoms with Gasteiger partial charge in [0.25, 0.3) is 0 Å². The molecule has 0 spiro atoms. The highest BCUT2D eigenvalue weighted by Crippen LogP contribution is 2.45. The largest absolute Gasteiger partial charge is 0.390 e. The van der Waals surface area contributed by atoms with E-state index in [2.05, 4.69) is 20.4 Å². The molecule has 0 saturated carbocycles. The van der Waals surface area contributed by atoms with E-state index in [4.69, 9.17) is 5.73 Å². The quantitative estimate of drug-likeness (QED) is 0.618. The van der Waals surface area contributed by atoms with Crippen LogP contribution in [0.15, 0.2) is 30.3 Å². The number of nitrogens with one attached hydrogen (secondary N) is 1. The summed E-state index contributed by atoms with van der Waals surface area (Å²) in [6, 6.07) is 9.25. The molecule has 0 radical (unpaired) electrons. The molecule has 0 saturated heterocycles. The van der Waals surface area contributed by atoms with Crippen LogP contribution in [0, 0.1) is 0 Å². The molecule has 1 aliphatic carbocycles. The first-order chi connectivity index (χ1) is 15.7. The molecule has 3 N–H and O–H groups in total. The summed E-state index contributed by atoms with van der Waals surface area (Å²) in [4.78, 5) is 22.1. The molecule has 1 atom stereocenters. The van der Waals surface area contributed by atoms with Gasteiger partial charge in [-0.1, -0.05) is 30.3 Å². The summed E-state index contributed by atoms with van der Waals surface area (Å²) < 4.78 is 39.9. The number of hydrogen-bond acceptors (Lipinski definition) is 5.